The maximum absolute atomic E-state index is 11.9. The molecule has 23 heavy (non-hydrogen) atoms. The molecule has 0 atom stereocenters. The fourth-order valence-corrected chi connectivity index (χ4v) is 2.55. The zero-order valence-electron chi connectivity index (χ0n) is 12.5. The molecule has 0 amide bonds. The lowest BCUT2D eigenvalue weighted by Gasteiger charge is -2.14. The van der Waals surface area contributed by atoms with Gasteiger partial charge < -0.3 is 9.84 Å². The third kappa shape index (κ3) is 3.31. The molecule has 0 radical (unpaired) electrons. The number of carbonyl (C=O) groups excluding carboxylic acids is 2. The molecule has 0 saturated heterocycles. The largest absolute Gasteiger partial charge is 0.506 e. The number of para-hydroxylation sites is 1. The Labute approximate surface area is 134 Å². The Balaban J connectivity index is 1.93. The van der Waals surface area contributed by atoms with E-state index in [0.29, 0.717) is 36.3 Å². The molecule has 2 aromatic carbocycles. The van der Waals surface area contributed by atoms with Gasteiger partial charge in [0.25, 0.3) is 0 Å². The number of ether oxygens (including phenoxy) is 1. The van der Waals surface area contributed by atoms with Gasteiger partial charge in [-0.2, -0.15) is 0 Å². The number of rotatable bonds is 3. The molecule has 1 saturated carbocycles. The topological polar surface area (TPSA) is 63.6 Å². The van der Waals surface area contributed by atoms with Gasteiger partial charge in [0, 0.05) is 18.4 Å². The molecule has 4 heteroatoms. The lowest BCUT2D eigenvalue weighted by atomic mass is 9.90. The summed E-state index contributed by atoms with van der Waals surface area (Å²) < 4.78 is 5.71. The number of hydrogen-bond acceptors (Lipinski definition) is 4. The normalized spacial score (nSPS) is 14.7. The SMILES string of the molecule is O=C1CCCC(=O)C1=C(O)c1cccc(Oc2ccccc2)c1. The van der Waals surface area contributed by atoms with Crippen LogP contribution in [0.15, 0.2) is 60.2 Å². The van der Waals surface area contributed by atoms with Crippen molar-refractivity contribution >= 4 is 17.3 Å². The van der Waals surface area contributed by atoms with Crippen molar-refractivity contribution in [1.29, 1.82) is 0 Å². The smallest absolute Gasteiger partial charge is 0.170 e. The van der Waals surface area contributed by atoms with Crippen molar-refractivity contribution < 1.29 is 19.4 Å². The Morgan fingerprint density at radius 2 is 1.52 bits per heavy atom. The molecule has 1 aliphatic rings. The highest BCUT2D eigenvalue weighted by Crippen LogP contribution is 2.28. The standard InChI is InChI=1S/C19H16O4/c20-16-10-5-11-17(21)18(16)19(22)13-6-4-9-15(12-13)23-14-7-2-1-3-8-14/h1-4,6-9,12,22H,5,10-11H2. The van der Waals surface area contributed by atoms with Crippen molar-refractivity contribution in [3.63, 3.8) is 0 Å². The average Bonchev–Trinajstić information content (AvgIpc) is 2.56. The number of Topliss-reactive ketones (excluding diaryl/α,β-unsaturated/α-hetero) is 2. The van der Waals surface area contributed by atoms with Crippen molar-refractivity contribution in [2.24, 2.45) is 0 Å². The van der Waals surface area contributed by atoms with E-state index in [1.165, 1.54) is 0 Å². The summed E-state index contributed by atoms with van der Waals surface area (Å²) in [7, 11) is 0. The fourth-order valence-electron chi connectivity index (χ4n) is 2.55. The minimum absolute atomic E-state index is 0.0897. The second kappa shape index (κ2) is 6.48. The zero-order valence-corrected chi connectivity index (χ0v) is 12.5. The Morgan fingerprint density at radius 1 is 0.870 bits per heavy atom. The number of benzene rings is 2. The second-order valence-corrected chi connectivity index (χ2v) is 5.37. The average molecular weight is 308 g/mol. The van der Waals surface area contributed by atoms with Crippen LogP contribution in [0.3, 0.4) is 0 Å². The van der Waals surface area contributed by atoms with Gasteiger partial charge in [-0.1, -0.05) is 30.3 Å². The molecule has 0 heterocycles. The number of allylic oxidation sites excluding steroid dienone is 1. The van der Waals surface area contributed by atoms with E-state index in [9.17, 15) is 14.7 Å². The lowest BCUT2D eigenvalue weighted by molar-refractivity contribution is -0.123. The van der Waals surface area contributed by atoms with Crippen molar-refractivity contribution in [3.8, 4) is 11.5 Å². The third-order valence-electron chi connectivity index (χ3n) is 3.69. The van der Waals surface area contributed by atoms with Crippen molar-refractivity contribution in [2.75, 3.05) is 0 Å². The van der Waals surface area contributed by atoms with Gasteiger partial charge in [0.2, 0.25) is 0 Å². The lowest BCUT2D eigenvalue weighted by Crippen LogP contribution is -2.20. The number of aliphatic hydroxyl groups is 1. The highest BCUT2D eigenvalue weighted by atomic mass is 16.5. The maximum Gasteiger partial charge on any atom is 0.170 e. The van der Waals surface area contributed by atoms with Crippen molar-refractivity contribution in [2.45, 2.75) is 19.3 Å². The van der Waals surface area contributed by atoms with Crippen LogP contribution >= 0.6 is 0 Å². The molecule has 1 fully saturated rings. The minimum atomic E-state index is -0.298. The van der Waals surface area contributed by atoms with E-state index in [-0.39, 0.29) is 22.9 Å². The van der Waals surface area contributed by atoms with Crippen molar-refractivity contribution in [1.82, 2.24) is 0 Å². The number of carbonyl (C=O) groups is 2. The molecule has 0 aliphatic heterocycles. The monoisotopic (exact) mass is 308 g/mol. The summed E-state index contributed by atoms with van der Waals surface area (Å²) in [6, 6.07) is 16.0. The Hall–Kier alpha value is -2.88. The van der Waals surface area contributed by atoms with Gasteiger partial charge in [-0.25, -0.2) is 0 Å². The highest BCUT2D eigenvalue weighted by molar-refractivity contribution is 6.25. The Bertz CT molecular complexity index is 757. The maximum atomic E-state index is 11.9. The second-order valence-electron chi connectivity index (χ2n) is 5.37. The van der Waals surface area contributed by atoms with Crippen LogP contribution in [-0.4, -0.2) is 16.7 Å². The van der Waals surface area contributed by atoms with E-state index >= 15 is 0 Å². The Kier molecular flexibility index (Phi) is 4.24. The van der Waals surface area contributed by atoms with Crippen LogP contribution < -0.4 is 4.74 Å². The molecule has 3 rings (SSSR count). The zero-order chi connectivity index (χ0) is 16.2. The molecule has 1 N–H and O–H groups in total. The van der Waals surface area contributed by atoms with Gasteiger partial charge in [-0.3, -0.25) is 9.59 Å². The van der Waals surface area contributed by atoms with E-state index in [2.05, 4.69) is 0 Å². The van der Waals surface area contributed by atoms with Gasteiger partial charge in [-0.15, -0.1) is 0 Å². The summed E-state index contributed by atoms with van der Waals surface area (Å²) in [6.45, 7) is 0. The molecule has 2 aromatic rings. The van der Waals surface area contributed by atoms with Crippen LogP contribution in [0.1, 0.15) is 24.8 Å². The quantitative estimate of drug-likeness (QED) is 0.527. The molecule has 4 nitrogen and oxygen atoms in total. The highest BCUT2D eigenvalue weighted by Gasteiger charge is 2.27. The number of ketones is 2. The minimum Gasteiger partial charge on any atom is -0.506 e. The van der Waals surface area contributed by atoms with Crippen molar-refractivity contribution in [3.05, 3.63) is 65.7 Å². The Morgan fingerprint density at radius 3 is 2.22 bits per heavy atom. The molecule has 0 spiro atoms. The van der Waals surface area contributed by atoms with E-state index in [4.69, 9.17) is 4.74 Å². The molecular formula is C19H16O4. The van der Waals surface area contributed by atoms with Gasteiger partial charge in [0.15, 0.2) is 11.6 Å². The van der Waals surface area contributed by atoms with E-state index in [1.54, 1.807) is 24.3 Å². The van der Waals surface area contributed by atoms with E-state index < -0.39 is 0 Å². The summed E-state index contributed by atoms with van der Waals surface area (Å²) >= 11 is 0. The first-order chi connectivity index (χ1) is 11.1. The first-order valence-electron chi connectivity index (χ1n) is 7.48. The molecule has 1 aliphatic carbocycles. The molecular weight excluding hydrogens is 292 g/mol. The fraction of sp³-hybridized carbons (Fsp3) is 0.158. The predicted octanol–water partition coefficient (Wildman–Crippen LogP) is 4.07. The van der Waals surface area contributed by atoms with Gasteiger partial charge >= 0.3 is 0 Å². The summed E-state index contributed by atoms with van der Waals surface area (Å²) in [6.07, 6.45) is 1.14. The van der Waals surface area contributed by atoms with Gasteiger partial charge in [0.05, 0.1) is 0 Å². The van der Waals surface area contributed by atoms with Gasteiger partial charge in [-0.05, 0) is 30.7 Å². The van der Waals surface area contributed by atoms with E-state index in [1.807, 2.05) is 30.3 Å². The molecule has 0 bridgehead atoms. The summed E-state index contributed by atoms with van der Waals surface area (Å²) in [4.78, 5) is 23.9. The number of hydrogen-bond donors (Lipinski definition) is 1. The first kappa shape index (κ1) is 15.0. The predicted molar refractivity (Wildman–Crippen MR) is 86.4 cm³/mol. The van der Waals surface area contributed by atoms with Crippen LogP contribution in [0.25, 0.3) is 5.76 Å². The summed E-state index contributed by atoms with van der Waals surface area (Å²) in [5.74, 6) is 0.331. The van der Waals surface area contributed by atoms with Crippen LogP contribution in [0.5, 0.6) is 11.5 Å². The summed E-state index contributed by atoms with van der Waals surface area (Å²) in [5.41, 5.74) is 0.310. The first-order valence-corrected chi connectivity index (χ1v) is 7.48. The van der Waals surface area contributed by atoms with E-state index in [0.717, 1.165) is 0 Å². The van der Waals surface area contributed by atoms with Crippen LogP contribution in [0.4, 0.5) is 0 Å². The molecule has 0 unspecified atom stereocenters. The van der Waals surface area contributed by atoms with Crippen LogP contribution in [0, 0.1) is 0 Å². The van der Waals surface area contributed by atoms with Gasteiger partial charge in [0.1, 0.15) is 22.8 Å². The summed E-state index contributed by atoms with van der Waals surface area (Å²) in [5, 5.41) is 10.4. The van der Waals surface area contributed by atoms with Crippen LogP contribution in [0.2, 0.25) is 0 Å². The molecule has 0 aromatic heterocycles. The third-order valence-corrected chi connectivity index (χ3v) is 3.69. The molecule has 116 valence electrons. The number of aliphatic hydroxyl groups excluding tert-OH is 1. The van der Waals surface area contributed by atoms with Crippen LogP contribution in [-0.2, 0) is 9.59 Å².